The van der Waals surface area contributed by atoms with Crippen LogP contribution in [0.3, 0.4) is 0 Å². The van der Waals surface area contributed by atoms with Gasteiger partial charge in [0.05, 0.1) is 17.1 Å². The molecule has 0 fully saturated rings. The van der Waals surface area contributed by atoms with Gasteiger partial charge in [0.1, 0.15) is 12.1 Å². The van der Waals surface area contributed by atoms with Crippen molar-refractivity contribution in [2.75, 3.05) is 11.9 Å². The van der Waals surface area contributed by atoms with Crippen molar-refractivity contribution < 1.29 is 19.2 Å². The molecule has 0 amide bonds. The number of benzene rings is 2. The van der Waals surface area contributed by atoms with Crippen LogP contribution in [0.5, 0.6) is 11.6 Å². The monoisotopic (exact) mass is 394 g/mol. The van der Waals surface area contributed by atoms with Gasteiger partial charge in [0, 0.05) is 5.69 Å². The average Bonchev–Trinajstić information content (AvgIpc) is 2.70. The van der Waals surface area contributed by atoms with Crippen molar-refractivity contribution in [2.24, 2.45) is 0 Å². The highest BCUT2D eigenvalue weighted by molar-refractivity contribution is 5.90. The van der Waals surface area contributed by atoms with Gasteiger partial charge in [-0.15, -0.1) is 0 Å². The first-order valence-corrected chi connectivity index (χ1v) is 8.76. The third-order valence-corrected chi connectivity index (χ3v) is 3.84. The van der Waals surface area contributed by atoms with Crippen molar-refractivity contribution >= 4 is 23.2 Å². The van der Waals surface area contributed by atoms with E-state index in [2.05, 4.69) is 15.3 Å². The van der Waals surface area contributed by atoms with Gasteiger partial charge in [-0.3, -0.25) is 10.1 Å². The number of nitrogens with one attached hydrogen (secondary N) is 1. The minimum absolute atomic E-state index is 0.0619. The zero-order valence-electron chi connectivity index (χ0n) is 15.8. The molecule has 0 atom stereocenters. The van der Waals surface area contributed by atoms with Gasteiger partial charge in [0.25, 0.3) is 0 Å². The second-order valence-electron chi connectivity index (χ2n) is 5.97. The van der Waals surface area contributed by atoms with E-state index in [9.17, 15) is 14.9 Å². The molecule has 0 aliphatic carbocycles. The van der Waals surface area contributed by atoms with Crippen LogP contribution in [0.4, 0.5) is 17.2 Å². The van der Waals surface area contributed by atoms with Gasteiger partial charge in [-0.25, -0.2) is 9.78 Å². The minimum atomic E-state index is -0.624. The molecule has 148 valence electrons. The van der Waals surface area contributed by atoms with E-state index < -0.39 is 16.6 Å². The van der Waals surface area contributed by atoms with Crippen LogP contribution in [-0.4, -0.2) is 27.5 Å². The molecule has 1 N–H and O–H groups in total. The first-order chi connectivity index (χ1) is 14.0. The minimum Gasteiger partial charge on any atom is -0.462 e. The van der Waals surface area contributed by atoms with Gasteiger partial charge in [-0.1, -0.05) is 23.8 Å². The number of ether oxygens (including phenoxy) is 2. The molecule has 9 heteroatoms. The van der Waals surface area contributed by atoms with Crippen LogP contribution in [0.2, 0.25) is 0 Å². The van der Waals surface area contributed by atoms with Crippen molar-refractivity contribution in [2.45, 2.75) is 13.8 Å². The first-order valence-electron chi connectivity index (χ1n) is 8.76. The zero-order valence-corrected chi connectivity index (χ0v) is 15.8. The van der Waals surface area contributed by atoms with E-state index in [4.69, 9.17) is 9.47 Å². The van der Waals surface area contributed by atoms with E-state index in [0.29, 0.717) is 17.0 Å². The highest BCUT2D eigenvalue weighted by Gasteiger charge is 2.25. The maximum Gasteiger partial charge on any atom is 0.373 e. The maximum absolute atomic E-state index is 11.9. The zero-order chi connectivity index (χ0) is 20.8. The van der Waals surface area contributed by atoms with Crippen LogP contribution >= 0.6 is 0 Å². The molecule has 0 spiro atoms. The molecule has 1 aromatic heterocycles. The van der Waals surface area contributed by atoms with Gasteiger partial charge >= 0.3 is 17.5 Å². The largest absolute Gasteiger partial charge is 0.462 e. The summed E-state index contributed by atoms with van der Waals surface area (Å²) in [5.74, 6) is -0.338. The highest BCUT2D eigenvalue weighted by Crippen LogP contribution is 2.35. The van der Waals surface area contributed by atoms with E-state index in [-0.39, 0.29) is 18.3 Å². The Kier molecular flexibility index (Phi) is 5.98. The lowest BCUT2D eigenvalue weighted by Crippen LogP contribution is -2.06. The van der Waals surface area contributed by atoms with E-state index in [1.54, 1.807) is 37.3 Å². The molecular weight excluding hydrogens is 376 g/mol. The first kappa shape index (κ1) is 19.7. The summed E-state index contributed by atoms with van der Waals surface area (Å²) in [6.45, 7) is 3.87. The SMILES string of the molecule is CCOC(=O)c1cccc(Nc2ncnc(Oc3ccc(C)cc3)c2[N+](=O)[O-])c1. The Hall–Kier alpha value is -4.01. The molecule has 0 saturated heterocycles. The maximum atomic E-state index is 11.9. The van der Waals surface area contributed by atoms with Crippen molar-refractivity contribution in [3.63, 3.8) is 0 Å². The van der Waals surface area contributed by atoms with Crippen LogP contribution in [0.15, 0.2) is 54.9 Å². The van der Waals surface area contributed by atoms with Crippen molar-refractivity contribution in [3.05, 3.63) is 76.1 Å². The second-order valence-corrected chi connectivity index (χ2v) is 5.97. The summed E-state index contributed by atoms with van der Waals surface area (Å²) in [4.78, 5) is 30.8. The van der Waals surface area contributed by atoms with Crippen LogP contribution in [0.1, 0.15) is 22.8 Å². The molecule has 9 nitrogen and oxygen atoms in total. The molecule has 3 aromatic rings. The molecule has 0 aliphatic rings. The predicted molar refractivity (Wildman–Crippen MR) is 106 cm³/mol. The molecule has 0 radical (unpaired) electrons. The number of aryl methyl sites for hydroxylation is 1. The Balaban J connectivity index is 1.92. The van der Waals surface area contributed by atoms with Crippen molar-refractivity contribution in [3.8, 4) is 11.6 Å². The topological polar surface area (TPSA) is 116 Å². The van der Waals surface area contributed by atoms with E-state index in [1.165, 1.54) is 6.07 Å². The van der Waals surface area contributed by atoms with Gasteiger partial charge in [0.2, 0.25) is 5.82 Å². The summed E-state index contributed by atoms with van der Waals surface area (Å²) in [6, 6.07) is 13.4. The van der Waals surface area contributed by atoms with Gasteiger partial charge in [-0.05, 0) is 44.2 Å². The molecule has 0 saturated carbocycles. The second kappa shape index (κ2) is 8.79. The average molecular weight is 394 g/mol. The number of carbonyl (C=O) groups is 1. The molecule has 29 heavy (non-hydrogen) atoms. The smallest absolute Gasteiger partial charge is 0.373 e. The fourth-order valence-corrected chi connectivity index (χ4v) is 2.49. The van der Waals surface area contributed by atoms with E-state index >= 15 is 0 Å². The summed E-state index contributed by atoms with van der Waals surface area (Å²) in [5.41, 5.74) is 1.34. The fourth-order valence-electron chi connectivity index (χ4n) is 2.49. The lowest BCUT2D eigenvalue weighted by molar-refractivity contribution is -0.385. The molecule has 0 bridgehead atoms. The van der Waals surface area contributed by atoms with Gasteiger partial charge in [0.15, 0.2) is 0 Å². The fraction of sp³-hybridized carbons (Fsp3) is 0.150. The normalized spacial score (nSPS) is 10.3. The number of hydrogen-bond donors (Lipinski definition) is 1. The van der Waals surface area contributed by atoms with Crippen molar-refractivity contribution in [1.82, 2.24) is 9.97 Å². The summed E-state index contributed by atoms with van der Waals surface area (Å²) in [7, 11) is 0. The predicted octanol–water partition coefficient (Wildman–Crippen LogP) is 4.41. The molecular formula is C20H18N4O5. The third kappa shape index (κ3) is 4.83. The number of rotatable bonds is 7. The number of carbonyl (C=O) groups excluding carboxylic acids is 1. The highest BCUT2D eigenvalue weighted by atomic mass is 16.6. The Bertz CT molecular complexity index is 1040. The Morgan fingerprint density at radius 2 is 1.93 bits per heavy atom. The van der Waals surface area contributed by atoms with Gasteiger partial charge in [-0.2, -0.15) is 4.98 Å². The summed E-state index contributed by atoms with van der Waals surface area (Å²) >= 11 is 0. The summed E-state index contributed by atoms with van der Waals surface area (Å²) < 4.78 is 10.6. The summed E-state index contributed by atoms with van der Waals surface area (Å²) in [6.07, 6.45) is 1.16. The molecule has 0 aliphatic heterocycles. The number of nitrogens with zero attached hydrogens (tertiary/aromatic N) is 3. The van der Waals surface area contributed by atoms with Crippen LogP contribution in [0, 0.1) is 17.0 Å². The van der Waals surface area contributed by atoms with E-state index in [1.807, 2.05) is 19.1 Å². The third-order valence-electron chi connectivity index (χ3n) is 3.84. The van der Waals surface area contributed by atoms with Gasteiger partial charge < -0.3 is 14.8 Å². The van der Waals surface area contributed by atoms with Crippen LogP contribution in [0.25, 0.3) is 0 Å². The Morgan fingerprint density at radius 3 is 2.62 bits per heavy atom. The number of anilines is 2. The van der Waals surface area contributed by atoms with Crippen LogP contribution in [-0.2, 0) is 4.74 Å². The molecule has 1 heterocycles. The van der Waals surface area contributed by atoms with Crippen molar-refractivity contribution in [1.29, 1.82) is 0 Å². The Morgan fingerprint density at radius 1 is 1.17 bits per heavy atom. The number of hydrogen-bond acceptors (Lipinski definition) is 8. The van der Waals surface area contributed by atoms with E-state index in [0.717, 1.165) is 11.9 Å². The molecule has 3 rings (SSSR count). The Labute approximate surface area is 166 Å². The summed E-state index contributed by atoms with van der Waals surface area (Å²) in [5, 5.41) is 14.5. The number of aromatic nitrogens is 2. The lowest BCUT2D eigenvalue weighted by atomic mass is 10.2. The molecule has 0 unspecified atom stereocenters. The lowest BCUT2D eigenvalue weighted by Gasteiger charge is -2.10. The quantitative estimate of drug-likeness (QED) is 0.356. The van der Waals surface area contributed by atoms with Crippen LogP contribution < -0.4 is 10.1 Å². The standard InChI is InChI=1S/C20H18N4O5/c1-3-28-20(25)14-5-4-6-15(11-14)23-18-17(24(26)27)19(22-12-21-18)29-16-9-7-13(2)8-10-16/h4-12H,3H2,1-2H3,(H,21,22,23). The number of esters is 1. The molecule has 2 aromatic carbocycles. The number of nitro groups is 1.